The molecule has 0 bridgehead atoms. The lowest BCUT2D eigenvalue weighted by Gasteiger charge is -2.35. The van der Waals surface area contributed by atoms with Gasteiger partial charge in [-0.1, -0.05) is 61.0 Å². The number of likely N-dealkylation sites (tertiary alicyclic amines) is 1. The molecule has 3 aromatic rings. The Morgan fingerprint density at radius 2 is 1.82 bits per heavy atom. The van der Waals surface area contributed by atoms with Gasteiger partial charge in [-0.05, 0) is 36.6 Å². The minimum Gasteiger partial charge on any atom is -0.487 e. The molecular formula is C28H31N3O2. The molecule has 5 nitrogen and oxygen atoms in total. The van der Waals surface area contributed by atoms with Crippen molar-refractivity contribution >= 4 is 5.91 Å². The molecule has 5 heteroatoms. The number of rotatable bonds is 6. The van der Waals surface area contributed by atoms with Crippen LogP contribution in [0, 0.1) is 0 Å². The molecule has 2 atom stereocenters. The van der Waals surface area contributed by atoms with Crippen molar-refractivity contribution in [3.63, 3.8) is 0 Å². The molecule has 1 aromatic heterocycles. The van der Waals surface area contributed by atoms with E-state index in [1.165, 1.54) is 5.56 Å². The number of carbonyl (C=O) groups excluding carboxylic acids is 1. The Bertz CT molecular complexity index is 1070. The molecule has 2 aliphatic rings. The number of aromatic nitrogens is 1. The number of pyridine rings is 1. The topological polar surface area (TPSA) is 54.5 Å². The van der Waals surface area contributed by atoms with Gasteiger partial charge in [0.1, 0.15) is 12.4 Å². The molecular weight excluding hydrogens is 410 g/mol. The molecule has 1 spiro atoms. The van der Waals surface area contributed by atoms with Gasteiger partial charge in [0, 0.05) is 43.7 Å². The van der Waals surface area contributed by atoms with Crippen LogP contribution in [0.1, 0.15) is 48.4 Å². The van der Waals surface area contributed by atoms with Crippen LogP contribution in [-0.4, -0.2) is 34.4 Å². The van der Waals surface area contributed by atoms with Gasteiger partial charge in [-0.2, -0.15) is 0 Å². The van der Waals surface area contributed by atoms with E-state index in [4.69, 9.17) is 4.74 Å². The number of ether oxygens (including phenoxy) is 1. The largest absolute Gasteiger partial charge is 0.487 e. The van der Waals surface area contributed by atoms with E-state index in [1.54, 1.807) is 6.20 Å². The smallest absolute Gasteiger partial charge is 0.220 e. The molecule has 2 aromatic carbocycles. The third-order valence-corrected chi connectivity index (χ3v) is 6.95. The van der Waals surface area contributed by atoms with Crippen molar-refractivity contribution in [1.29, 1.82) is 0 Å². The van der Waals surface area contributed by atoms with Crippen LogP contribution in [0.4, 0.5) is 0 Å². The molecule has 5 rings (SSSR count). The summed E-state index contributed by atoms with van der Waals surface area (Å²) in [6.07, 6.45) is 5.50. The van der Waals surface area contributed by atoms with Crippen LogP contribution < -0.4 is 10.1 Å². The van der Waals surface area contributed by atoms with Crippen molar-refractivity contribution in [2.24, 2.45) is 0 Å². The SMILES string of the molecule is O=C1CCCC[C@]2(CN(Cc3ccccc3OCc3ccccn3)C[C@H]2c2ccccc2)N1. The van der Waals surface area contributed by atoms with Crippen LogP contribution in [0.3, 0.4) is 0 Å². The van der Waals surface area contributed by atoms with Gasteiger partial charge in [-0.3, -0.25) is 14.7 Å². The Balaban J connectivity index is 1.37. The fourth-order valence-corrected chi connectivity index (χ4v) is 5.40. The van der Waals surface area contributed by atoms with E-state index in [2.05, 4.69) is 57.7 Å². The van der Waals surface area contributed by atoms with Gasteiger partial charge in [0.15, 0.2) is 0 Å². The second-order valence-electron chi connectivity index (χ2n) is 9.26. The summed E-state index contributed by atoms with van der Waals surface area (Å²) in [6, 6.07) is 24.8. The van der Waals surface area contributed by atoms with Gasteiger partial charge < -0.3 is 10.1 Å². The average molecular weight is 442 g/mol. The van der Waals surface area contributed by atoms with Gasteiger partial charge in [-0.25, -0.2) is 0 Å². The number of amides is 1. The second-order valence-corrected chi connectivity index (χ2v) is 9.26. The minimum absolute atomic E-state index is 0.189. The van der Waals surface area contributed by atoms with Crippen molar-refractivity contribution in [2.45, 2.75) is 50.3 Å². The van der Waals surface area contributed by atoms with E-state index in [9.17, 15) is 4.79 Å². The number of para-hydroxylation sites is 1. The van der Waals surface area contributed by atoms with Crippen molar-refractivity contribution < 1.29 is 9.53 Å². The number of carbonyl (C=O) groups is 1. The Hall–Kier alpha value is -3.18. The van der Waals surface area contributed by atoms with E-state index in [0.29, 0.717) is 13.0 Å². The summed E-state index contributed by atoms with van der Waals surface area (Å²) in [5, 5.41) is 3.46. The lowest BCUT2D eigenvalue weighted by molar-refractivity contribution is -0.122. The van der Waals surface area contributed by atoms with Gasteiger partial charge in [0.2, 0.25) is 5.91 Å². The predicted molar refractivity (Wildman–Crippen MR) is 129 cm³/mol. The van der Waals surface area contributed by atoms with Crippen LogP contribution in [0.15, 0.2) is 79.0 Å². The Morgan fingerprint density at radius 3 is 2.67 bits per heavy atom. The standard InChI is InChI=1S/C28H31N3O2/c32-27-15-6-8-16-28(30-27)21-31(19-25(28)22-10-2-1-3-11-22)18-23-12-4-5-14-26(23)33-20-24-13-7-9-17-29-24/h1-5,7,9-14,17,25H,6,8,15-16,18-21H2,(H,30,32)/t25-,28+/m0/s1. The maximum atomic E-state index is 12.6. The first-order valence-electron chi connectivity index (χ1n) is 11.9. The number of nitrogens with one attached hydrogen (secondary N) is 1. The monoisotopic (exact) mass is 441 g/mol. The molecule has 1 amide bonds. The van der Waals surface area contributed by atoms with E-state index in [0.717, 1.165) is 55.9 Å². The molecule has 0 aliphatic carbocycles. The Labute approximate surface area is 195 Å². The van der Waals surface area contributed by atoms with Gasteiger partial charge >= 0.3 is 0 Å². The van der Waals surface area contributed by atoms with E-state index < -0.39 is 0 Å². The predicted octanol–water partition coefficient (Wildman–Crippen LogP) is 4.69. The zero-order chi connectivity index (χ0) is 22.5. The molecule has 0 saturated carbocycles. The third-order valence-electron chi connectivity index (χ3n) is 6.95. The minimum atomic E-state index is -0.210. The van der Waals surface area contributed by atoms with E-state index in [-0.39, 0.29) is 17.4 Å². The van der Waals surface area contributed by atoms with E-state index in [1.807, 2.05) is 30.3 Å². The molecule has 170 valence electrons. The number of hydrogen-bond donors (Lipinski definition) is 1. The summed E-state index contributed by atoms with van der Waals surface area (Å²) >= 11 is 0. The van der Waals surface area contributed by atoms with Gasteiger partial charge in [0.05, 0.1) is 11.2 Å². The van der Waals surface area contributed by atoms with Crippen molar-refractivity contribution in [3.8, 4) is 5.75 Å². The van der Waals surface area contributed by atoms with E-state index >= 15 is 0 Å². The highest BCUT2D eigenvalue weighted by atomic mass is 16.5. The maximum absolute atomic E-state index is 12.6. The van der Waals surface area contributed by atoms with Crippen LogP contribution in [0.5, 0.6) is 5.75 Å². The molecule has 33 heavy (non-hydrogen) atoms. The average Bonchev–Trinajstić information content (AvgIpc) is 3.08. The number of nitrogens with zero attached hydrogens (tertiary/aromatic N) is 2. The highest BCUT2D eigenvalue weighted by Gasteiger charge is 2.48. The van der Waals surface area contributed by atoms with Crippen molar-refractivity contribution in [3.05, 3.63) is 95.8 Å². The fourth-order valence-electron chi connectivity index (χ4n) is 5.40. The number of benzene rings is 2. The normalized spacial score (nSPS) is 23.3. The van der Waals surface area contributed by atoms with Crippen LogP contribution in [0.25, 0.3) is 0 Å². The summed E-state index contributed by atoms with van der Waals surface area (Å²) in [5.74, 6) is 1.36. The summed E-state index contributed by atoms with van der Waals surface area (Å²) in [7, 11) is 0. The van der Waals surface area contributed by atoms with Crippen LogP contribution in [-0.2, 0) is 17.9 Å². The quantitative estimate of drug-likeness (QED) is 0.603. The zero-order valence-corrected chi connectivity index (χ0v) is 19.0. The fraction of sp³-hybridized carbons (Fsp3) is 0.357. The molecule has 0 radical (unpaired) electrons. The third kappa shape index (κ3) is 4.93. The lowest BCUT2D eigenvalue weighted by Crippen LogP contribution is -2.52. The first-order valence-corrected chi connectivity index (χ1v) is 11.9. The zero-order valence-electron chi connectivity index (χ0n) is 19.0. The van der Waals surface area contributed by atoms with Crippen LogP contribution >= 0.6 is 0 Å². The number of hydrogen-bond acceptors (Lipinski definition) is 4. The van der Waals surface area contributed by atoms with Crippen molar-refractivity contribution in [2.75, 3.05) is 13.1 Å². The maximum Gasteiger partial charge on any atom is 0.220 e. The summed E-state index contributed by atoms with van der Waals surface area (Å²) in [5.41, 5.74) is 3.18. The highest BCUT2D eigenvalue weighted by Crippen LogP contribution is 2.41. The molecule has 2 saturated heterocycles. The summed E-state index contributed by atoms with van der Waals surface area (Å²) < 4.78 is 6.16. The highest BCUT2D eigenvalue weighted by molar-refractivity contribution is 5.77. The summed E-state index contributed by atoms with van der Waals surface area (Å²) in [4.78, 5) is 19.5. The molecule has 1 N–H and O–H groups in total. The Kier molecular flexibility index (Phi) is 6.40. The van der Waals surface area contributed by atoms with Crippen LogP contribution in [0.2, 0.25) is 0 Å². The van der Waals surface area contributed by atoms with Gasteiger partial charge in [-0.15, -0.1) is 0 Å². The van der Waals surface area contributed by atoms with Gasteiger partial charge in [0.25, 0.3) is 0 Å². The first-order chi connectivity index (χ1) is 16.2. The molecule has 2 aliphatic heterocycles. The molecule has 3 heterocycles. The molecule has 0 unspecified atom stereocenters. The molecule has 2 fully saturated rings. The van der Waals surface area contributed by atoms with Crippen molar-refractivity contribution in [1.82, 2.24) is 15.2 Å². The summed E-state index contributed by atoms with van der Waals surface area (Å²) in [6.45, 7) is 3.01. The first kappa shape index (κ1) is 21.7. The lowest BCUT2D eigenvalue weighted by atomic mass is 9.79. The Morgan fingerprint density at radius 1 is 1.00 bits per heavy atom. The second kappa shape index (κ2) is 9.75.